The van der Waals surface area contributed by atoms with Gasteiger partial charge in [0.05, 0.1) is 26.4 Å². The predicted octanol–water partition coefficient (Wildman–Crippen LogP) is 23.0. The van der Waals surface area contributed by atoms with E-state index in [0.717, 1.165) is 89.9 Å². The lowest BCUT2D eigenvalue weighted by molar-refractivity contribution is -0.161. The molecule has 0 rings (SSSR count). The van der Waals surface area contributed by atoms with Crippen LogP contribution >= 0.6 is 15.6 Å². The van der Waals surface area contributed by atoms with Gasteiger partial charge in [-0.25, -0.2) is 9.13 Å². The van der Waals surface area contributed by atoms with Crippen LogP contribution in [-0.2, 0) is 65.4 Å². The summed E-state index contributed by atoms with van der Waals surface area (Å²) in [5.74, 6) is -2.11. The van der Waals surface area contributed by atoms with Crippen LogP contribution in [0.5, 0.6) is 0 Å². The van der Waals surface area contributed by atoms with Gasteiger partial charge in [-0.1, -0.05) is 362 Å². The number of hydrogen-bond donors (Lipinski definition) is 3. The summed E-state index contributed by atoms with van der Waals surface area (Å²) in [6.07, 6.45) is 62.2. The van der Waals surface area contributed by atoms with Crippen molar-refractivity contribution in [1.29, 1.82) is 0 Å². The Morgan fingerprint density at radius 1 is 0.250 bits per heavy atom. The lowest BCUT2D eigenvalue weighted by atomic mass is 10.0. The minimum absolute atomic E-state index is 0.109. The molecular weight excluding hydrogens is 1260 g/mol. The first-order chi connectivity index (χ1) is 46.7. The molecule has 96 heavy (non-hydrogen) atoms. The average Bonchev–Trinajstić information content (AvgIpc) is 1.97. The highest BCUT2D eigenvalue weighted by Gasteiger charge is 2.30. The number of rotatable bonds is 78. The Labute approximate surface area is 588 Å². The topological polar surface area (TPSA) is 237 Å². The summed E-state index contributed by atoms with van der Waals surface area (Å²) in [7, 11) is -9.91. The molecule has 17 nitrogen and oxygen atoms in total. The predicted molar refractivity (Wildman–Crippen MR) is 391 cm³/mol. The molecule has 0 bridgehead atoms. The molecule has 19 heteroatoms. The van der Waals surface area contributed by atoms with Crippen molar-refractivity contribution in [3.05, 3.63) is 0 Å². The van der Waals surface area contributed by atoms with Crippen LogP contribution in [0.15, 0.2) is 0 Å². The normalized spacial score (nSPS) is 13.9. The molecule has 0 fully saturated rings. The van der Waals surface area contributed by atoms with Gasteiger partial charge in [0, 0.05) is 25.7 Å². The maximum absolute atomic E-state index is 13.1. The summed E-state index contributed by atoms with van der Waals surface area (Å²) in [6.45, 7) is 5.01. The number of hydrogen-bond acceptors (Lipinski definition) is 15. The van der Waals surface area contributed by atoms with E-state index in [-0.39, 0.29) is 25.7 Å². The molecule has 0 radical (unpaired) electrons. The second kappa shape index (κ2) is 71.5. The van der Waals surface area contributed by atoms with Crippen LogP contribution in [0.4, 0.5) is 0 Å². The summed E-state index contributed by atoms with van der Waals surface area (Å²) < 4.78 is 68.6. The van der Waals surface area contributed by atoms with Gasteiger partial charge in [0.15, 0.2) is 12.2 Å². The van der Waals surface area contributed by atoms with Crippen molar-refractivity contribution < 1.29 is 80.2 Å². The first-order valence-corrected chi connectivity index (χ1v) is 43.3. The highest BCUT2D eigenvalue weighted by Crippen LogP contribution is 2.45. The standard InChI is InChI=1S/C77H150O17P2/c1-5-9-13-17-21-25-29-33-34-35-36-37-40-44-48-52-56-60-64-77(82)94-73(68-88-75(80)62-58-54-50-46-42-38-30-26-22-18-14-10-6-2)70-92-96(85,86)90-66-71(78)65-89-95(83,84)91-69-72(67-87-74(79)61-57-53-49-45-41-32-28-24-20-16-12-8-4)93-76(81)63-59-55-51-47-43-39-31-27-23-19-15-11-7-3/h71-73,78H,5-70H2,1-4H3,(H,83,84)(H,85,86)/t71-,72+,73+/m0/s1. The number of phosphoric acid groups is 2. The lowest BCUT2D eigenvalue weighted by Gasteiger charge is -2.21. The zero-order valence-corrected chi connectivity index (χ0v) is 64.1. The van der Waals surface area contributed by atoms with E-state index in [1.165, 1.54) is 244 Å². The molecule has 570 valence electrons. The molecule has 0 saturated carbocycles. The molecule has 0 spiro atoms. The van der Waals surface area contributed by atoms with E-state index in [1.54, 1.807) is 0 Å². The third-order valence-corrected chi connectivity index (χ3v) is 20.0. The van der Waals surface area contributed by atoms with Gasteiger partial charge in [-0.2, -0.15) is 0 Å². The molecule has 0 aromatic rings. The van der Waals surface area contributed by atoms with Crippen molar-refractivity contribution in [2.75, 3.05) is 39.6 Å². The SMILES string of the molecule is CCCCCCCCCCCCCCCCCCCCC(=O)O[C@H](COC(=O)CCCCCCCCCCCCCCC)COP(=O)(O)OC[C@@H](O)COP(=O)(O)OC[C@@H](COC(=O)CCCCCCCCCCCCCC)OC(=O)CCCCCCCCCCCCCCC. The minimum atomic E-state index is -4.96. The smallest absolute Gasteiger partial charge is 0.462 e. The van der Waals surface area contributed by atoms with Crippen molar-refractivity contribution in [1.82, 2.24) is 0 Å². The summed E-state index contributed by atoms with van der Waals surface area (Å²) in [5.41, 5.74) is 0. The van der Waals surface area contributed by atoms with Crippen molar-refractivity contribution in [3.8, 4) is 0 Å². The monoisotopic (exact) mass is 1410 g/mol. The summed E-state index contributed by atoms with van der Waals surface area (Å²) in [6, 6.07) is 0. The number of unbranched alkanes of at least 4 members (excludes halogenated alkanes) is 52. The highest BCUT2D eigenvalue weighted by molar-refractivity contribution is 7.47. The Morgan fingerprint density at radius 2 is 0.417 bits per heavy atom. The fourth-order valence-corrected chi connectivity index (χ4v) is 13.5. The van der Waals surface area contributed by atoms with Crippen LogP contribution in [0.2, 0.25) is 0 Å². The summed E-state index contributed by atoms with van der Waals surface area (Å²) in [4.78, 5) is 72.9. The molecule has 0 aromatic carbocycles. The number of phosphoric ester groups is 2. The summed E-state index contributed by atoms with van der Waals surface area (Å²) in [5, 5.41) is 10.6. The third kappa shape index (κ3) is 70.5. The van der Waals surface area contributed by atoms with Gasteiger partial charge in [-0.05, 0) is 25.7 Å². The average molecular weight is 1410 g/mol. The van der Waals surface area contributed by atoms with Crippen LogP contribution in [-0.4, -0.2) is 96.7 Å². The zero-order valence-electron chi connectivity index (χ0n) is 62.4. The van der Waals surface area contributed by atoms with Gasteiger partial charge in [0.1, 0.15) is 19.3 Å². The van der Waals surface area contributed by atoms with Crippen LogP contribution in [0.1, 0.15) is 413 Å². The van der Waals surface area contributed by atoms with Crippen molar-refractivity contribution >= 4 is 39.5 Å². The van der Waals surface area contributed by atoms with Gasteiger partial charge >= 0.3 is 39.5 Å². The molecule has 0 aliphatic heterocycles. The molecular formula is C77H150O17P2. The lowest BCUT2D eigenvalue weighted by Crippen LogP contribution is -2.30. The Bertz CT molecular complexity index is 1830. The Balaban J connectivity index is 5.24. The van der Waals surface area contributed by atoms with Gasteiger partial charge in [0.2, 0.25) is 0 Å². The van der Waals surface area contributed by atoms with E-state index in [0.29, 0.717) is 25.7 Å². The number of ether oxygens (including phenoxy) is 4. The molecule has 5 atom stereocenters. The quantitative estimate of drug-likeness (QED) is 0.0222. The highest BCUT2D eigenvalue weighted by atomic mass is 31.2. The zero-order chi connectivity index (χ0) is 70.4. The van der Waals surface area contributed by atoms with E-state index >= 15 is 0 Å². The van der Waals surface area contributed by atoms with Crippen LogP contribution in [0, 0.1) is 0 Å². The molecule has 0 saturated heterocycles. The van der Waals surface area contributed by atoms with E-state index < -0.39 is 97.5 Å². The van der Waals surface area contributed by atoms with Crippen molar-refractivity contribution in [3.63, 3.8) is 0 Å². The van der Waals surface area contributed by atoms with Gasteiger partial charge < -0.3 is 33.8 Å². The molecule has 0 aliphatic rings. The van der Waals surface area contributed by atoms with Crippen molar-refractivity contribution in [2.24, 2.45) is 0 Å². The van der Waals surface area contributed by atoms with E-state index in [1.807, 2.05) is 0 Å². The first kappa shape index (κ1) is 94.1. The Morgan fingerprint density at radius 3 is 0.615 bits per heavy atom. The number of carbonyl (C=O) groups excluding carboxylic acids is 4. The Kier molecular flexibility index (Phi) is 70.0. The maximum Gasteiger partial charge on any atom is 0.472 e. The molecule has 3 N–H and O–H groups in total. The first-order valence-electron chi connectivity index (χ1n) is 40.3. The number of aliphatic hydroxyl groups is 1. The number of carbonyl (C=O) groups is 4. The molecule has 2 unspecified atom stereocenters. The second-order valence-corrected chi connectivity index (χ2v) is 30.7. The van der Waals surface area contributed by atoms with Gasteiger partial charge in [0.25, 0.3) is 0 Å². The molecule has 0 aliphatic carbocycles. The fourth-order valence-electron chi connectivity index (χ4n) is 11.9. The Hall–Kier alpha value is -1.94. The minimum Gasteiger partial charge on any atom is -0.462 e. The fraction of sp³-hybridized carbons (Fsp3) is 0.948. The van der Waals surface area contributed by atoms with Crippen molar-refractivity contribution in [2.45, 2.75) is 431 Å². The van der Waals surface area contributed by atoms with E-state index in [2.05, 4.69) is 27.7 Å². The molecule has 0 heterocycles. The van der Waals surface area contributed by atoms with Crippen LogP contribution in [0.25, 0.3) is 0 Å². The van der Waals surface area contributed by atoms with Crippen LogP contribution < -0.4 is 0 Å². The second-order valence-electron chi connectivity index (χ2n) is 27.7. The number of esters is 4. The van der Waals surface area contributed by atoms with Gasteiger partial charge in [-0.15, -0.1) is 0 Å². The van der Waals surface area contributed by atoms with E-state index in [9.17, 15) is 43.2 Å². The molecule has 0 aromatic heterocycles. The van der Waals surface area contributed by atoms with Gasteiger partial charge in [-0.3, -0.25) is 37.3 Å². The van der Waals surface area contributed by atoms with E-state index in [4.69, 9.17) is 37.0 Å². The van der Waals surface area contributed by atoms with Crippen LogP contribution in [0.3, 0.4) is 0 Å². The summed E-state index contributed by atoms with van der Waals surface area (Å²) >= 11 is 0. The number of aliphatic hydroxyl groups excluding tert-OH is 1. The third-order valence-electron chi connectivity index (χ3n) is 18.1. The molecule has 0 amide bonds. The maximum atomic E-state index is 13.1. The largest absolute Gasteiger partial charge is 0.472 e.